The quantitative estimate of drug-likeness (QED) is 0.258. The minimum Gasteiger partial charge on any atom is -0.291 e. The van der Waals surface area contributed by atoms with Crippen LogP contribution in [-0.2, 0) is 4.79 Å². The number of hydrogen-bond acceptors (Lipinski definition) is 4. The third-order valence-corrected chi connectivity index (χ3v) is 7.38. The van der Waals surface area contributed by atoms with E-state index in [1.54, 1.807) is 27.8 Å². The van der Waals surface area contributed by atoms with Crippen molar-refractivity contribution in [2.45, 2.75) is 50.9 Å². The summed E-state index contributed by atoms with van der Waals surface area (Å²) in [6.45, 7) is 3.66. The van der Waals surface area contributed by atoms with Crippen LogP contribution in [0.3, 0.4) is 0 Å². The van der Waals surface area contributed by atoms with Crippen molar-refractivity contribution in [3.63, 3.8) is 0 Å². The number of halogens is 2. The van der Waals surface area contributed by atoms with E-state index < -0.39 is 6.17 Å². The number of carbonyl (C=O) groups is 1. The van der Waals surface area contributed by atoms with Gasteiger partial charge in [0.15, 0.2) is 0 Å². The van der Waals surface area contributed by atoms with Crippen molar-refractivity contribution in [2.75, 3.05) is 10.7 Å². The summed E-state index contributed by atoms with van der Waals surface area (Å²) in [5.41, 5.74) is 1.96. The van der Waals surface area contributed by atoms with Crippen LogP contribution in [0.15, 0.2) is 52.4 Å². The Hall–Kier alpha value is -2.35. The van der Waals surface area contributed by atoms with E-state index in [4.69, 9.17) is 28.3 Å². The summed E-state index contributed by atoms with van der Waals surface area (Å²) in [6, 6.07) is 12.6. The third kappa shape index (κ3) is 4.67. The molecule has 1 unspecified atom stereocenters. The van der Waals surface area contributed by atoms with Crippen LogP contribution < -0.4 is 15.1 Å². The molecule has 172 valence electrons. The van der Waals surface area contributed by atoms with Gasteiger partial charge in [-0.3, -0.25) is 14.6 Å². The first-order valence-corrected chi connectivity index (χ1v) is 12.7. The summed E-state index contributed by atoms with van der Waals surface area (Å²) in [6.07, 6.45) is 3.77. The van der Waals surface area contributed by atoms with E-state index in [0.717, 1.165) is 25.0 Å². The largest absolute Gasteiger partial charge is 0.325 e. The highest BCUT2D eigenvalue weighted by atomic mass is 35.5. The van der Waals surface area contributed by atoms with Crippen LogP contribution in [0.1, 0.15) is 51.3 Å². The van der Waals surface area contributed by atoms with Gasteiger partial charge < -0.3 is 0 Å². The molecule has 9 heteroatoms. The average Bonchev–Trinajstić information content (AvgIpc) is 2.79. The van der Waals surface area contributed by atoms with Crippen molar-refractivity contribution < 1.29 is 9.48 Å². The van der Waals surface area contributed by atoms with E-state index in [-0.39, 0.29) is 11.5 Å². The topological polar surface area (TPSA) is 69.9 Å². The Kier molecular flexibility index (Phi) is 7.41. The van der Waals surface area contributed by atoms with Crippen LogP contribution in [-0.4, -0.2) is 21.7 Å². The molecular weight excluding hydrogens is 479 g/mol. The lowest BCUT2D eigenvalue weighted by Gasteiger charge is -2.31. The normalized spacial score (nSPS) is 14.7. The van der Waals surface area contributed by atoms with E-state index in [0.29, 0.717) is 37.7 Å². The highest BCUT2D eigenvalue weighted by Crippen LogP contribution is 2.40. The van der Waals surface area contributed by atoms with Crippen LogP contribution in [0.4, 0.5) is 5.69 Å². The van der Waals surface area contributed by atoms with Crippen LogP contribution in [0, 0.1) is 0 Å². The number of H-pyrrole nitrogens is 1. The molecule has 1 atom stereocenters. The zero-order valence-corrected chi connectivity index (χ0v) is 20.8. The number of thioether (sulfide) groups is 1. The first-order chi connectivity index (χ1) is 15.9. The van der Waals surface area contributed by atoms with Gasteiger partial charge in [0.05, 0.1) is 26.9 Å². The second-order valence-electron chi connectivity index (χ2n) is 7.88. The van der Waals surface area contributed by atoms with Gasteiger partial charge in [-0.2, -0.15) is 0 Å². The Morgan fingerprint density at radius 2 is 1.94 bits per heavy atom. The zero-order chi connectivity index (χ0) is 23.5. The monoisotopic (exact) mass is 503 g/mol. The fraction of sp³-hybridized carbons (Fsp3) is 0.333. The Bertz CT molecular complexity index is 1250. The minimum absolute atomic E-state index is 0.197. The molecule has 6 nitrogen and oxygen atoms in total. The van der Waals surface area contributed by atoms with Gasteiger partial charge in [0.25, 0.3) is 6.17 Å². The number of amides is 1. The standard InChI is InChI=1S/C24H24Cl2N4O2S/c1-3-4-5-8-14-33-24-27-22(32)21-16-10-6-7-13-19(16)29(15(2)31)23(30(21)28-24)17-11-9-12-18(25)20(17)26/h6-7,9-13,23H,3-5,8,14H2,1-2H3/p+1. The summed E-state index contributed by atoms with van der Waals surface area (Å²) in [5, 5.41) is 5.98. The predicted molar refractivity (Wildman–Crippen MR) is 133 cm³/mol. The summed E-state index contributed by atoms with van der Waals surface area (Å²) in [4.78, 5) is 30.7. The molecule has 1 aliphatic heterocycles. The number of rotatable bonds is 7. The molecule has 0 radical (unpaired) electrons. The van der Waals surface area contributed by atoms with Gasteiger partial charge in [-0.25, -0.2) is 4.90 Å². The van der Waals surface area contributed by atoms with E-state index in [2.05, 4.69) is 11.9 Å². The maximum absolute atomic E-state index is 13.3. The molecule has 0 bridgehead atoms. The van der Waals surface area contributed by atoms with E-state index in [1.165, 1.54) is 25.1 Å². The van der Waals surface area contributed by atoms with Crippen molar-refractivity contribution >= 4 is 46.6 Å². The van der Waals surface area contributed by atoms with Crippen LogP contribution in [0.5, 0.6) is 0 Å². The minimum atomic E-state index is -0.750. The van der Waals surface area contributed by atoms with Crippen molar-refractivity contribution in [1.82, 2.24) is 10.1 Å². The molecule has 4 rings (SSSR count). The molecule has 1 N–H and O–H groups in total. The fourth-order valence-electron chi connectivity index (χ4n) is 4.08. The Morgan fingerprint density at radius 1 is 1.15 bits per heavy atom. The summed E-state index contributed by atoms with van der Waals surface area (Å²) in [5.74, 6) is 0.648. The fourth-order valence-corrected chi connectivity index (χ4v) is 5.33. The molecule has 33 heavy (non-hydrogen) atoms. The second-order valence-corrected chi connectivity index (χ2v) is 9.75. The number of fused-ring (bicyclic) bond motifs is 3. The number of carbonyl (C=O) groups excluding carboxylic acids is 1. The lowest BCUT2D eigenvalue weighted by molar-refractivity contribution is -0.763. The molecule has 2 aromatic carbocycles. The number of anilines is 1. The Balaban J connectivity index is 1.89. The van der Waals surface area contributed by atoms with Crippen LogP contribution >= 0.6 is 35.0 Å². The van der Waals surface area contributed by atoms with Crippen molar-refractivity contribution in [2.24, 2.45) is 0 Å². The number of nitrogens with one attached hydrogen (secondary N) is 1. The van der Waals surface area contributed by atoms with Gasteiger partial charge in [0.1, 0.15) is 0 Å². The maximum Gasteiger partial charge on any atom is 0.325 e. The lowest BCUT2D eigenvalue weighted by atomic mass is 10.0. The first kappa shape index (κ1) is 23.8. The van der Waals surface area contributed by atoms with Crippen molar-refractivity contribution in [3.8, 4) is 11.3 Å². The first-order valence-electron chi connectivity index (χ1n) is 11.0. The molecule has 0 saturated carbocycles. The number of benzene rings is 2. The zero-order valence-electron chi connectivity index (χ0n) is 18.5. The summed E-state index contributed by atoms with van der Waals surface area (Å²) in [7, 11) is 0. The van der Waals surface area contributed by atoms with Crippen molar-refractivity contribution in [3.05, 3.63) is 68.4 Å². The predicted octanol–water partition coefficient (Wildman–Crippen LogP) is 5.62. The molecule has 0 saturated heterocycles. The Labute approximate surface area is 206 Å². The second kappa shape index (κ2) is 10.3. The van der Waals surface area contributed by atoms with Crippen LogP contribution in [0.2, 0.25) is 10.0 Å². The molecule has 1 aliphatic rings. The third-order valence-electron chi connectivity index (χ3n) is 5.59. The number of hydrogen-bond donors (Lipinski definition) is 1. The molecule has 0 aliphatic carbocycles. The SMILES string of the molecule is CCCCCCSc1n[n+]2c(c(=O)[nH]1)-c1ccccc1N(C(C)=O)C2c1cccc(Cl)c1Cl. The van der Waals surface area contributed by atoms with E-state index >= 15 is 0 Å². The van der Waals surface area contributed by atoms with Gasteiger partial charge in [-0.1, -0.05) is 79.3 Å². The van der Waals surface area contributed by atoms with Gasteiger partial charge >= 0.3 is 11.3 Å². The lowest BCUT2D eigenvalue weighted by Crippen LogP contribution is -2.60. The molecule has 0 fully saturated rings. The number of aromatic nitrogens is 3. The molecule has 0 spiro atoms. The summed E-state index contributed by atoms with van der Waals surface area (Å²) < 4.78 is 1.61. The highest BCUT2D eigenvalue weighted by molar-refractivity contribution is 7.99. The molecule has 1 amide bonds. The van der Waals surface area contributed by atoms with Gasteiger partial charge in [-0.05, 0) is 35.4 Å². The van der Waals surface area contributed by atoms with Crippen LogP contribution in [0.25, 0.3) is 11.3 Å². The smallest absolute Gasteiger partial charge is 0.291 e. The number of aromatic amines is 1. The molecule has 3 aromatic rings. The van der Waals surface area contributed by atoms with E-state index in [1.807, 2.05) is 24.3 Å². The van der Waals surface area contributed by atoms with Crippen molar-refractivity contribution in [1.29, 1.82) is 0 Å². The molecule has 2 heterocycles. The van der Waals surface area contributed by atoms with Gasteiger partial charge in [0, 0.05) is 17.8 Å². The molecular formula is C24H25Cl2N4O2S+. The Morgan fingerprint density at radius 3 is 2.70 bits per heavy atom. The van der Waals surface area contributed by atoms with E-state index in [9.17, 15) is 9.59 Å². The number of nitrogens with zero attached hydrogens (tertiary/aromatic N) is 3. The number of para-hydroxylation sites is 1. The maximum atomic E-state index is 13.3. The number of unbranched alkanes of at least 4 members (excludes halogenated alkanes) is 3. The summed E-state index contributed by atoms with van der Waals surface area (Å²) >= 11 is 14.4. The molecule has 1 aromatic heterocycles. The average molecular weight is 504 g/mol. The highest BCUT2D eigenvalue weighted by Gasteiger charge is 2.45. The van der Waals surface area contributed by atoms with Gasteiger partial charge in [-0.15, -0.1) is 0 Å². The van der Waals surface area contributed by atoms with Gasteiger partial charge in [0.2, 0.25) is 11.1 Å².